The number of amidine groups is 1. The van der Waals surface area contributed by atoms with Crippen molar-refractivity contribution in [1.29, 1.82) is 0 Å². The first kappa shape index (κ1) is 24.3. The maximum Gasteiger partial charge on any atom is 0.341 e. The average molecular weight is 487 g/mol. The van der Waals surface area contributed by atoms with Crippen LogP contribution in [0.2, 0.25) is 0 Å². The number of para-hydroxylation sites is 2. The fourth-order valence-corrected chi connectivity index (χ4v) is 4.75. The Labute approximate surface area is 209 Å². The van der Waals surface area contributed by atoms with E-state index in [1.165, 1.54) is 11.8 Å². The molecule has 4 rings (SSSR count). The van der Waals surface area contributed by atoms with Gasteiger partial charge in [-0.15, -0.1) is 0 Å². The number of carbonyl (C=O) groups is 2. The first-order valence-electron chi connectivity index (χ1n) is 11.4. The maximum atomic E-state index is 13.6. The second-order valence-corrected chi connectivity index (χ2v) is 8.87. The lowest BCUT2D eigenvalue weighted by molar-refractivity contribution is -0.139. The Morgan fingerprint density at radius 1 is 0.971 bits per heavy atom. The second-order valence-electron chi connectivity index (χ2n) is 7.86. The number of nitrogens with zero attached hydrogens (tertiary/aromatic N) is 2. The highest BCUT2D eigenvalue weighted by Crippen LogP contribution is 2.39. The van der Waals surface area contributed by atoms with E-state index in [0.717, 1.165) is 40.9 Å². The van der Waals surface area contributed by atoms with Crippen molar-refractivity contribution in [2.75, 3.05) is 11.5 Å². The van der Waals surface area contributed by atoms with Gasteiger partial charge < -0.3 is 9.84 Å². The fourth-order valence-electron chi connectivity index (χ4n) is 3.77. The van der Waals surface area contributed by atoms with E-state index in [9.17, 15) is 9.59 Å². The van der Waals surface area contributed by atoms with Crippen LogP contribution in [0.1, 0.15) is 30.5 Å². The van der Waals surface area contributed by atoms with Gasteiger partial charge in [-0.3, -0.25) is 9.69 Å². The Kier molecular flexibility index (Phi) is 7.67. The fraction of sp³-hybridized carbons (Fsp3) is 0.179. The summed E-state index contributed by atoms with van der Waals surface area (Å²) in [6.07, 6.45) is 3.46. The zero-order chi connectivity index (χ0) is 24.8. The standard InChI is InChI=1S/C28H26N2O4S/c1-3-20-9-5-7-11-23(20)29-28-30(24-12-8-6-10-21(24)4-2)27(33)25(35-28)17-19-13-15-22(16-14-19)34-18-26(31)32/h5-17H,3-4,18H2,1-2H3,(H,31,32). The molecular formula is C28H26N2O4S. The summed E-state index contributed by atoms with van der Waals surface area (Å²) in [4.78, 5) is 31.5. The first-order chi connectivity index (χ1) is 17.0. The molecule has 35 heavy (non-hydrogen) atoms. The number of aliphatic imine (C=N–C) groups is 1. The highest BCUT2D eigenvalue weighted by atomic mass is 32.2. The van der Waals surface area contributed by atoms with E-state index in [0.29, 0.717) is 15.8 Å². The van der Waals surface area contributed by atoms with E-state index < -0.39 is 12.6 Å². The monoisotopic (exact) mass is 486 g/mol. The Hall–Kier alpha value is -3.84. The van der Waals surface area contributed by atoms with Gasteiger partial charge in [-0.05, 0) is 71.6 Å². The summed E-state index contributed by atoms with van der Waals surface area (Å²) < 4.78 is 5.20. The van der Waals surface area contributed by atoms with Crippen molar-refractivity contribution in [3.8, 4) is 5.75 Å². The quantitative estimate of drug-likeness (QED) is 0.390. The molecular weight excluding hydrogens is 460 g/mol. The SMILES string of the molecule is CCc1ccccc1N=C1SC(=Cc2ccc(OCC(=O)O)cc2)C(=O)N1c1ccccc1CC. The molecule has 1 saturated heterocycles. The molecule has 7 heteroatoms. The van der Waals surface area contributed by atoms with Gasteiger partial charge in [0, 0.05) is 0 Å². The van der Waals surface area contributed by atoms with Gasteiger partial charge >= 0.3 is 5.97 Å². The minimum atomic E-state index is -1.03. The van der Waals surface area contributed by atoms with E-state index in [1.54, 1.807) is 29.2 Å². The van der Waals surface area contributed by atoms with Gasteiger partial charge in [-0.1, -0.05) is 62.4 Å². The van der Waals surface area contributed by atoms with E-state index in [4.69, 9.17) is 14.8 Å². The van der Waals surface area contributed by atoms with Crippen molar-refractivity contribution in [3.05, 3.63) is 94.4 Å². The van der Waals surface area contributed by atoms with Crippen LogP contribution in [0.25, 0.3) is 6.08 Å². The molecule has 0 atom stereocenters. The van der Waals surface area contributed by atoms with E-state index in [1.807, 2.05) is 48.5 Å². The number of ether oxygens (including phenoxy) is 1. The average Bonchev–Trinajstić information content (AvgIpc) is 3.17. The number of benzene rings is 3. The van der Waals surface area contributed by atoms with Gasteiger partial charge in [0.15, 0.2) is 11.8 Å². The third kappa shape index (κ3) is 5.63. The van der Waals surface area contributed by atoms with Gasteiger partial charge in [0.25, 0.3) is 5.91 Å². The molecule has 1 aliphatic rings. The van der Waals surface area contributed by atoms with Crippen molar-refractivity contribution in [1.82, 2.24) is 0 Å². The van der Waals surface area contributed by atoms with Crippen LogP contribution in [-0.4, -0.2) is 28.8 Å². The first-order valence-corrected chi connectivity index (χ1v) is 12.2. The van der Waals surface area contributed by atoms with Crippen LogP contribution < -0.4 is 9.64 Å². The molecule has 1 heterocycles. The van der Waals surface area contributed by atoms with Crippen LogP contribution in [0.4, 0.5) is 11.4 Å². The molecule has 1 aliphatic heterocycles. The third-order valence-electron chi connectivity index (χ3n) is 5.55. The van der Waals surface area contributed by atoms with Gasteiger partial charge in [0.2, 0.25) is 0 Å². The number of carbonyl (C=O) groups excluding carboxylic acids is 1. The van der Waals surface area contributed by atoms with Crippen molar-refractivity contribution >= 4 is 46.3 Å². The number of thioether (sulfide) groups is 1. The smallest absolute Gasteiger partial charge is 0.341 e. The van der Waals surface area contributed by atoms with Crippen molar-refractivity contribution in [2.45, 2.75) is 26.7 Å². The summed E-state index contributed by atoms with van der Waals surface area (Å²) in [5.74, 6) is -0.709. The predicted octanol–water partition coefficient (Wildman–Crippen LogP) is 6.08. The van der Waals surface area contributed by atoms with Crippen LogP contribution in [-0.2, 0) is 22.4 Å². The highest BCUT2D eigenvalue weighted by Gasteiger charge is 2.35. The van der Waals surface area contributed by atoms with Crippen molar-refractivity contribution in [2.24, 2.45) is 4.99 Å². The topological polar surface area (TPSA) is 79.2 Å². The van der Waals surface area contributed by atoms with Crippen molar-refractivity contribution < 1.29 is 19.4 Å². The lowest BCUT2D eigenvalue weighted by Gasteiger charge is -2.19. The normalized spacial score (nSPS) is 15.7. The van der Waals surface area contributed by atoms with Gasteiger partial charge in [0.05, 0.1) is 16.3 Å². The molecule has 3 aromatic rings. The summed E-state index contributed by atoms with van der Waals surface area (Å²) in [7, 11) is 0. The summed E-state index contributed by atoms with van der Waals surface area (Å²) in [6, 6.07) is 22.8. The molecule has 178 valence electrons. The summed E-state index contributed by atoms with van der Waals surface area (Å²) in [5, 5.41) is 9.39. The number of aryl methyl sites for hydroxylation is 2. The zero-order valence-electron chi connectivity index (χ0n) is 19.6. The number of aliphatic carboxylic acids is 1. The molecule has 1 amide bonds. The number of anilines is 1. The molecule has 0 radical (unpaired) electrons. The Bertz CT molecular complexity index is 1300. The summed E-state index contributed by atoms with van der Waals surface area (Å²) >= 11 is 1.35. The lowest BCUT2D eigenvalue weighted by Crippen LogP contribution is -2.29. The number of amides is 1. The van der Waals surface area contributed by atoms with Crippen LogP contribution >= 0.6 is 11.8 Å². The lowest BCUT2D eigenvalue weighted by atomic mass is 10.1. The van der Waals surface area contributed by atoms with Gasteiger partial charge in [-0.25, -0.2) is 9.79 Å². The molecule has 6 nitrogen and oxygen atoms in total. The van der Waals surface area contributed by atoms with E-state index in [-0.39, 0.29) is 5.91 Å². The molecule has 1 N–H and O–H groups in total. The minimum Gasteiger partial charge on any atom is -0.482 e. The molecule has 0 unspecified atom stereocenters. The molecule has 0 bridgehead atoms. The van der Waals surface area contributed by atoms with Crippen LogP contribution in [0, 0.1) is 0 Å². The number of carboxylic acid groups (broad SMARTS) is 1. The summed E-state index contributed by atoms with van der Waals surface area (Å²) in [5.41, 5.74) is 4.68. The molecule has 0 spiro atoms. The number of hydrogen-bond acceptors (Lipinski definition) is 5. The number of hydrogen-bond donors (Lipinski definition) is 1. The van der Waals surface area contributed by atoms with E-state index >= 15 is 0 Å². The van der Waals surface area contributed by atoms with Crippen LogP contribution in [0.5, 0.6) is 5.75 Å². The molecule has 1 fully saturated rings. The van der Waals surface area contributed by atoms with Crippen LogP contribution in [0.3, 0.4) is 0 Å². The second kappa shape index (κ2) is 11.1. The Morgan fingerprint density at radius 2 is 1.63 bits per heavy atom. The van der Waals surface area contributed by atoms with Gasteiger partial charge in [-0.2, -0.15) is 0 Å². The number of rotatable bonds is 8. The Morgan fingerprint density at radius 3 is 2.31 bits per heavy atom. The molecule has 0 aromatic heterocycles. The van der Waals surface area contributed by atoms with Gasteiger partial charge in [0.1, 0.15) is 5.75 Å². The predicted molar refractivity (Wildman–Crippen MR) is 141 cm³/mol. The third-order valence-corrected chi connectivity index (χ3v) is 6.52. The van der Waals surface area contributed by atoms with E-state index in [2.05, 4.69) is 19.9 Å². The molecule has 3 aromatic carbocycles. The highest BCUT2D eigenvalue weighted by molar-refractivity contribution is 8.19. The van der Waals surface area contributed by atoms with Crippen LogP contribution in [0.15, 0.2) is 82.7 Å². The largest absolute Gasteiger partial charge is 0.482 e. The van der Waals surface area contributed by atoms with Crippen molar-refractivity contribution in [3.63, 3.8) is 0 Å². The zero-order valence-corrected chi connectivity index (χ0v) is 20.4. The molecule has 0 aliphatic carbocycles. The summed E-state index contributed by atoms with van der Waals surface area (Å²) in [6.45, 7) is 3.76. The number of carboxylic acids is 1. The Balaban J connectivity index is 1.72. The minimum absolute atomic E-state index is 0.130. The molecule has 0 saturated carbocycles. The maximum absolute atomic E-state index is 13.6.